The van der Waals surface area contributed by atoms with Crippen molar-refractivity contribution in [2.24, 2.45) is 23.2 Å². The lowest BCUT2D eigenvalue weighted by Crippen LogP contribution is -2.66. The molecule has 10 rings (SSSR count). The van der Waals surface area contributed by atoms with Crippen molar-refractivity contribution < 1.29 is 0 Å². The minimum atomic E-state index is 0.269. The van der Waals surface area contributed by atoms with Gasteiger partial charge in [0.15, 0.2) is 0 Å². The minimum absolute atomic E-state index is 0.269. The van der Waals surface area contributed by atoms with E-state index in [4.69, 9.17) is 0 Å². The molecule has 0 amide bonds. The lowest BCUT2D eigenvalue weighted by Gasteiger charge is -2.60. The summed E-state index contributed by atoms with van der Waals surface area (Å²) in [4.78, 5) is 6.23. The van der Waals surface area contributed by atoms with E-state index < -0.39 is 0 Å². The van der Waals surface area contributed by atoms with Crippen LogP contribution in [0.25, 0.3) is 0 Å². The Labute approximate surface area is 264 Å². The fraction of sp³-hybridized carbons (Fsp3) is 0.641. The molecule has 4 heterocycles. The molecule has 0 N–H and O–H groups in total. The van der Waals surface area contributed by atoms with Crippen LogP contribution >= 0.6 is 11.8 Å². The van der Waals surface area contributed by atoms with Gasteiger partial charge in [-0.15, -0.1) is 11.8 Å². The molecule has 0 aromatic carbocycles. The molecule has 4 fully saturated rings. The Morgan fingerprint density at radius 2 is 1.79 bits per heavy atom. The zero-order valence-corrected chi connectivity index (χ0v) is 27.2. The van der Waals surface area contributed by atoms with Crippen LogP contribution in [0.1, 0.15) is 90.9 Å². The van der Waals surface area contributed by atoms with Crippen LogP contribution in [0, 0.1) is 23.2 Å². The van der Waals surface area contributed by atoms with Crippen molar-refractivity contribution in [3.63, 3.8) is 0 Å². The predicted octanol–water partition coefficient (Wildman–Crippen LogP) is 8.83. The van der Waals surface area contributed by atoms with Crippen LogP contribution in [0.2, 0.25) is 5.82 Å². The first kappa shape index (κ1) is 26.6. The van der Waals surface area contributed by atoms with Crippen molar-refractivity contribution in [1.82, 2.24) is 9.80 Å². The van der Waals surface area contributed by atoms with Gasteiger partial charge in [-0.3, -0.25) is 4.90 Å². The molecule has 224 valence electrons. The second-order valence-corrected chi connectivity index (χ2v) is 17.6. The van der Waals surface area contributed by atoms with E-state index in [0.29, 0.717) is 40.5 Å². The maximum Gasteiger partial charge on any atom is 0.214 e. The highest BCUT2D eigenvalue weighted by Gasteiger charge is 2.70. The van der Waals surface area contributed by atoms with Crippen molar-refractivity contribution in [1.29, 1.82) is 0 Å². The van der Waals surface area contributed by atoms with Gasteiger partial charge in [0.25, 0.3) is 0 Å². The number of hydrogen-bond donors (Lipinski definition) is 0. The third-order valence-corrected chi connectivity index (χ3v) is 16.4. The fourth-order valence-corrected chi connectivity index (χ4v) is 15.1. The number of thioether (sulfide) groups is 1. The van der Waals surface area contributed by atoms with E-state index in [9.17, 15) is 0 Å². The van der Waals surface area contributed by atoms with Gasteiger partial charge < -0.3 is 4.90 Å². The number of fused-ring (bicyclic) bond motifs is 8. The van der Waals surface area contributed by atoms with E-state index in [1.807, 2.05) is 5.47 Å². The Balaban J connectivity index is 1.15. The number of nitrogens with zero attached hydrogens (tertiary/aromatic N) is 2. The van der Waals surface area contributed by atoms with Crippen molar-refractivity contribution in [2.75, 3.05) is 0 Å². The van der Waals surface area contributed by atoms with Crippen molar-refractivity contribution >= 4 is 18.5 Å². The molecule has 1 saturated carbocycles. The SMILES string of the molecule is CC1(C)N2C3CCCC4=C3B(C3=CC=CCC3N4C3=CCCC4C3SC3C=CC=CC34)C3C=CCC(C32)C12CCCCC2. The lowest BCUT2D eigenvalue weighted by atomic mass is 9.25. The normalized spacial score (nSPS) is 44.5. The molecule has 3 saturated heterocycles. The Morgan fingerprint density at radius 1 is 0.907 bits per heavy atom. The number of allylic oxidation sites excluding steroid dienone is 8. The molecule has 0 radical (unpaired) electrons. The second-order valence-electron chi connectivity index (χ2n) is 16.3. The maximum atomic E-state index is 3.21. The molecule has 2 nitrogen and oxygen atoms in total. The predicted molar refractivity (Wildman–Crippen MR) is 182 cm³/mol. The van der Waals surface area contributed by atoms with E-state index >= 15 is 0 Å². The monoisotopic (exact) mass is 588 g/mol. The summed E-state index contributed by atoms with van der Waals surface area (Å²) in [7, 11) is 0. The standard InChI is InChI=1S/C39H49BN2S/c1-38(2)39(23-8-3-9-24-39)27-15-11-17-29-36(27)42(38)32-20-12-19-31-35(32)40(29)28-16-5-6-18-30(28)41(31)33-21-10-14-26-25-13-4-7-22-34(25)43-37(26)33/h4-7,11,13,16-17,21-22,25-27,29-30,32,34,36-37H,3,8-10,12,14-15,18-20,23-24H2,1-2H3. The Hall–Kier alpha value is -1.65. The van der Waals surface area contributed by atoms with E-state index in [2.05, 4.69) is 96.2 Å². The van der Waals surface area contributed by atoms with Gasteiger partial charge >= 0.3 is 0 Å². The molecule has 9 unspecified atom stereocenters. The molecule has 6 aliphatic carbocycles. The maximum absolute atomic E-state index is 3.21. The van der Waals surface area contributed by atoms with Crippen LogP contribution in [0.4, 0.5) is 0 Å². The van der Waals surface area contributed by atoms with E-state index in [1.54, 1.807) is 16.9 Å². The second kappa shape index (κ2) is 9.44. The smallest absolute Gasteiger partial charge is 0.214 e. The van der Waals surface area contributed by atoms with Crippen LogP contribution in [0.5, 0.6) is 0 Å². The van der Waals surface area contributed by atoms with Crippen LogP contribution in [-0.4, -0.2) is 50.7 Å². The van der Waals surface area contributed by atoms with Gasteiger partial charge in [0, 0.05) is 39.5 Å². The molecule has 9 atom stereocenters. The Bertz CT molecular complexity index is 1440. The third-order valence-electron chi connectivity index (χ3n) is 14.7. The largest absolute Gasteiger partial charge is 0.342 e. The summed E-state index contributed by atoms with van der Waals surface area (Å²) in [6.07, 6.45) is 41.7. The first-order chi connectivity index (χ1) is 21.1. The summed E-state index contributed by atoms with van der Waals surface area (Å²) in [5.74, 6) is 2.98. The Morgan fingerprint density at radius 3 is 2.70 bits per heavy atom. The molecular formula is C39H49BN2S. The van der Waals surface area contributed by atoms with Gasteiger partial charge in [-0.25, -0.2) is 0 Å². The lowest BCUT2D eigenvalue weighted by molar-refractivity contribution is -0.00344. The molecular weight excluding hydrogens is 539 g/mol. The highest BCUT2D eigenvalue weighted by Crippen LogP contribution is 2.68. The van der Waals surface area contributed by atoms with Gasteiger partial charge in [-0.1, -0.05) is 91.0 Å². The summed E-state index contributed by atoms with van der Waals surface area (Å²) in [5.41, 5.74) is 7.89. The average molecular weight is 589 g/mol. The highest BCUT2D eigenvalue weighted by atomic mass is 32.2. The summed E-state index contributed by atoms with van der Waals surface area (Å²) in [5, 5.41) is 1.30. The first-order valence-electron chi connectivity index (χ1n) is 18.1. The van der Waals surface area contributed by atoms with E-state index in [-0.39, 0.29) is 5.54 Å². The van der Waals surface area contributed by atoms with Crippen molar-refractivity contribution in [3.8, 4) is 0 Å². The molecule has 10 aliphatic rings. The van der Waals surface area contributed by atoms with Gasteiger partial charge in [-0.2, -0.15) is 0 Å². The zero-order valence-electron chi connectivity index (χ0n) is 26.3. The third kappa shape index (κ3) is 3.34. The van der Waals surface area contributed by atoms with Crippen LogP contribution in [0.3, 0.4) is 0 Å². The van der Waals surface area contributed by atoms with Crippen molar-refractivity contribution in [2.45, 2.75) is 131 Å². The highest BCUT2D eigenvalue weighted by molar-refractivity contribution is 8.01. The quantitative estimate of drug-likeness (QED) is 0.223. The molecule has 4 aliphatic heterocycles. The van der Waals surface area contributed by atoms with Gasteiger partial charge in [-0.05, 0) is 101 Å². The van der Waals surface area contributed by atoms with E-state index in [1.165, 1.54) is 77.0 Å². The van der Waals surface area contributed by atoms with E-state index in [0.717, 1.165) is 23.8 Å². The number of rotatable bonds is 1. The Kier molecular flexibility index (Phi) is 5.83. The molecule has 0 aromatic rings. The summed E-state index contributed by atoms with van der Waals surface area (Å²) in [6.45, 7) is 6.04. The van der Waals surface area contributed by atoms with Crippen molar-refractivity contribution in [3.05, 3.63) is 83.1 Å². The average Bonchev–Trinajstić information content (AvgIpc) is 3.51. The van der Waals surface area contributed by atoms with Gasteiger partial charge in [0.2, 0.25) is 6.71 Å². The molecule has 4 heteroatoms. The van der Waals surface area contributed by atoms with Crippen LogP contribution < -0.4 is 0 Å². The van der Waals surface area contributed by atoms with Crippen LogP contribution in [0.15, 0.2) is 83.1 Å². The summed E-state index contributed by atoms with van der Waals surface area (Å²) < 4.78 is 0. The fourth-order valence-electron chi connectivity index (χ4n) is 13.2. The molecule has 1 spiro atoms. The molecule has 0 aromatic heterocycles. The first-order valence-corrected chi connectivity index (χ1v) is 19.1. The summed E-state index contributed by atoms with van der Waals surface area (Å²) in [6, 6.07) is 1.87. The van der Waals surface area contributed by atoms with Gasteiger partial charge in [0.05, 0.1) is 6.04 Å². The molecule has 0 bridgehead atoms. The minimum Gasteiger partial charge on any atom is -0.342 e. The number of hydrogen-bond acceptors (Lipinski definition) is 3. The topological polar surface area (TPSA) is 6.48 Å². The molecule has 43 heavy (non-hydrogen) atoms. The van der Waals surface area contributed by atoms with Gasteiger partial charge in [0.1, 0.15) is 0 Å². The zero-order chi connectivity index (χ0) is 28.5. The van der Waals surface area contributed by atoms with Crippen LogP contribution in [-0.2, 0) is 0 Å². The summed E-state index contributed by atoms with van der Waals surface area (Å²) >= 11 is 2.29.